The molecule has 3 rings (SSSR count). The van der Waals surface area contributed by atoms with Gasteiger partial charge in [0.2, 0.25) is 0 Å². The summed E-state index contributed by atoms with van der Waals surface area (Å²) in [4.78, 5) is 0. The van der Waals surface area contributed by atoms with Crippen molar-refractivity contribution in [3.63, 3.8) is 0 Å². The number of benzene rings is 2. The summed E-state index contributed by atoms with van der Waals surface area (Å²) >= 11 is 3.53. The van der Waals surface area contributed by atoms with E-state index in [1.807, 2.05) is 37.4 Å². The molecule has 3 nitrogen and oxygen atoms in total. The lowest BCUT2D eigenvalue weighted by atomic mass is 9.92. The molecule has 0 fully saturated rings. The van der Waals surface area contributed by atoms with Crippen molar-refractivity contribution in [3.8, 4) is 11.5 Å². The molecule has 2 aromatic carbocycles. The number of hydrogen-bond acceptors (Lipinski definition) is 3. The Balaban J connectivity index is 2.00. The van der Waals surface area contributed by atoms with E-state index in [1.54, 1.807) is 7.11 Å². The standard InChI is InChI=1S/C17H18BrNO2/c1-19-14-10-17(21-16-6-4-3-5-12(14)16)13-9-11(18)7-8-15(13)20-2/h3-9,14,17,19H,10H2,1-2H3. The highest BCUT2D eigenvalue weighted by atomic mass is 79.9. The highest BCUT2D eigenvalue weighted by molar-refractivity contribution is 9.10. The fourth-order valence-electron chi connectivity index (χ4n) is 2.84. The molecule has 1 aliphatic heterocycles. The normalized spacial score (nSPS) is 20.5. The van der Waals surface area contributed by atoms with Gasteiger partial charge in [0.1, 0.15) is 17.6 Å². The van der Waals surface area contributed by atoms with Gasteiger partial charge in [0, 0.05) is 28.1 Å². The molecule has 4 heteroatoms. The van der Waals surface area contributed by atoms with Crippen molar-refractivity contribution in [1.82, 2.24) is 5.32 Å². The molecule has 2 atom stereocenters. The Hall–Kier alpha value is -1.52. The first-order valence-electron chi connectivity index (χ1n) is 6.99. The van der Waals surface area contributed by atoms with Gasteiger partial charge in [0.15, 0.2) is 0 Å². The molecule has 0 saturated carbocycles. The molecule has 110 valence electrons. The maximum Gasteiger partial charge on any atom is 0.129 e. The zero-order valence-electron chi connectivity index (χ0n) is 12.1. The summed E-state index contributed by atoms with van der Waals surface area (Å²) in [5, 5.41) is 3.38. The van der Waals surface area contributed by atoms with E-state index in [0.717, 1.165) is 28.0 Å². The van der Waals surface area contributed by atoms with E-state index in [-0.39, 0.29) is 12.1 Å². The molecule has 0 aliphatic carbocycles. The number of halogens is 1. The lowest BCUT2D eigenvalue weighted by molar-refractivity contribution is 0.150. The molecular formula is C17H18BrNO2. The molecule has 0 radical (unpaired) electrons. The Kier molecular flexibility index (Phi) is 4.17. The summed E-state index contributed by atoms with van der Waals surface area (Å²) in [7, 11) is 3.68. The fraction of sp³-hybridized carbons (Fsp3) is 0.294. The lowest BCUT2D eigenvalue weighted by Gasteiger charge is -2.33. The van der Waals surface area contributed by atoms with Crippen molar-refractivity contribution in [2.24, 2.45) is 0 Å². The monoisotopic (exact) mass is 347 g/mol. The van der Waals surface area contributed by atoms with Crippen molar-refractivity contribution in [1.29, 1.82) is 0 Å². The zero-order valence-corrected chi connectivity index (χ0v) is 13.7. The van der Waals surface area contributed by atoms with Crippen molar-refractivity contribution in [2.45, 2.75) is 18.6 Å². The lowest BCUT2D eigenvalue weighted by Crippen LogP contribution is -2.26. The molecule has 0 spiro atoms. The third-order valence-corrected chi connectivity index (χ3v) is 4.39. The minimum atomic E-state index is -0.0233. The van der Waals surface area contributed by atoms with E-state index in [4.69, 9.17) is 9.47 Å². The molecule has 2 unspecified atom stereocenters. The molecule has 0 amide bonds. The van der Waals surface area contributed by atoms with E-state index < -0.39 is 0 Å². The maximum atomic E-state index is 6.21. The summed E-state index contributed by atoms with van der Waals surface area (Å²) in [5.74, 6) is 1.80. The molecule has 2 aromatic rings. The van der Waals surface area contributed by atoms with Gasteiger partial charge in [-0.2, -0.15) is 0 Å². The van der Waals surface area contributed by atoms with E-state index in [0.29, 0.717) is 0 Å². The Morgan fingerprint density at radius 2 is 2.00 bits per heavy atom. The van der Waals surface area contributed by atoms with Crippen molar-refractivity contribution in [3.05, 3.63) is 58.1 Å². The number of nitrogens with one attached hydrogen (secondary N) is 1. The summed E-state index contributed by atoms with van der Waals surface area (Å²) in [6.07, 6.45) is 0.852. The predicted molar refractivity (Wildman–Crippen MR) is 86.9 cm³/mol. The van der Waals surface area contributed by atoms with Crippen LogP contribution in [-0.2, 0) is 0 Å². The van der Waals surface area contributed by atoms with Crippen LogP contribution in [-0.4, -0.2) is 14.2 Å². The van der Waals surface area contributed by atoms with Crippen LogP contribution in [0.2, 0.25) is 0 Å². The van der Waals surface area contributed by atoms with E-state index in [9.17, 15) is 0 Å². The van der Waals surface area contributed by atoms with Gasteiger partial charge < -0.3 is 14.8 Å². The Labute approximate surface area is 133 Å². The largest absolute Gasteiger partial charge is 0.496 e. The van der Waals surface area contributed by atoms with Gasteiger partial charge in [-0.15, -0.1) is 0 Å². The smallest absolute Gasteiger partial charge is 0.129 e. The van der Waals surface area contributed by atoms with Gasteiger partial charge in [-0.05, 0) is 31.3 Å². The minimum absolute atomic E-state index is 0.0233. The number of methoxy groups -OCH3 is 1. The average molecular weight is 348 g/mol. The minimum Gasteiger partial charge on any atom is -0.496 e. The summed E-state index contributed by atoms with van der Waals surface area (Å²) in [6.45, 7) is 0. The van der Waals surface area contributed by atoms with Crippen molar-refractivity contribution < 1.29 is 9.47 Å². The topological polar surface area (TPSA) is 30.5 Å². The molecule has 0 aromatic heterocycles. The maximum absolute atomic E-state index is 6.21. The number of para-hydroxylation sites is 1. The quantitative estimate of drug-likeness (QED) is 0.900. The van der Waals surface area contributed by atoms with Crippen molar-refractivity contribution in [2.75, 3.05) is 14.2 Å². The van der Waals surface area contributed by atoms with Gasteiger partial charge in [-0.1, -0.05) is 34.1 Å². The van der Waals surface area contributed by atoms with Crippen LogP contribution in [0.5, 0.6) is 11.5 Å². The first-order chi connectivity index (χ1) is 10.2. The molecule has 1 aliphatic rings. The second kappa shape index (κ2) is 6.08. The second-order valence-electron chi connectivity index (χ2n) is 5.11. The van der Waals surface area contributed by atoms with Crippen LogP contribution in [0.1, 0.15) is 29.7 Å². The number of ether oxygens (including phenoxy) is 2. The Bertz CT molecular complexity index is 644. The molecular weight excluding hydrogens is 330 g/mol. The van der Waals surface area contributed by atoms with Gasteiger partial charge >= 0.3 is 0 Å². The van der Waals surface area contributed by atoms with Gasteiger partial charge in [-0.3, -0.25) is 0 Å². The first kappa shape index (κ1) is 14.4. The van der Waals surface area contributed by atoms with Crippen LogP contribution in [0.3, 0.4) is 0 Å². The third kappa shape index (κ3) is 2.78. The SMILES string of the molecule is CNC1CC(c2cc(Br)ccc2OC)Oc2ccccc21. The van der Waals surface area contributed by atoms with Crippen LogP contribution in [0.15, 0.2) is 46.9 Å². The molecule has 0 bridgehead atoms. The molecule has 21 heavy (non-hydrogen) atoms. The fourth-order valence-corrected chi connectivity index (χ4v) is 3.22. The molecule has 0 saturated heterocycles. The van der Waals surface area contributed by atoms with E-state index in [2.05, 4.69) is 33.4 Å². The summed E-state index contributed by atoms with van der Waals surface area (Å²) in [5.41, 5.74) is 2.28. The third-order valence-electron chi connectivity index (χ3n) is 3.90. The Morgan fingerprint density at radius 3 is 2.76 bits per heavy atom. The second-order valence-corrected chi connectivity index (χ2v) is 6.02. The van der Waals surface area contributed by atoms with Gasteiger partial charge in [0.25, 0.3) is 0 Å². The van der Waals surface area contributed by atoms with Gasteiger partial charge in [0.05, 0.1) is 7.11 Å². The van der Waals surface area contributed by atoms with Gasteiger partial charge in [-0.25, -0.2) is 0 Å². The number of rotatable bonds is 3. The highest BCUT2D eigenvalue weighted by Gasteiger charge is 2.30. The summed E-state index contributed by atoms with van der Waals surface area (Å²) < 4.78 is 12.7. The summed E-state index contributed by atoms with van der Waals surface area (Å²) in [6, 6.07) is 14.5. The van der Waals surface area contributed by atoms with Crippen LogP contribution in [0.4, 0.5) is 0 Å². The molecule has 1 N–H and O–H groups in total. The van der Waals surface area contributed by atoms with Crippen LogP contribution < -0.4 is 14.8 Å². The Morgan fingerprint density at radius 1 is 1.19 bits per heavy atom. The molecule has 1 heterocycles. The predicted octanol–water partition coefficient (Wildman–Crippen LogP) is 4.24. The van der Waals surface area contributed by atoms with Crippen LogP contribution in [0, 0.1) is 0 Å². The van der Waals surface area contributed by atoms with Crippen LogP contribution >= 0.6 is 15.9 Å². The highest BCUT2D eigenvalue weighted by Crippen LogP contribution is 2.43. The van der Waals surface area contributed by atoms with Crippen molar-refractivity contribution >= 4 is 15.9 Å². The first-order valence-corrected chi connectivity index (χ1v) is 7.78. The van der Waals surface area contributed by atoms with E-state index >= 15 is 0 Å². The zero-order chi connectivity index (χ0) is 14.8. The van der Waals surface area contributed by atoms with E-state index in [1.165, 1.54) is 5.56 Å². The van der Waals surface area contributed by atoms with Crippen LogP contribution in [0.25, 0.3) is 0 Å². The number of hydrogen-bond donors (Lipinski definition) is 1. The average Bonchev–Trinajstić information content (AvgIpc) is 2.53. The number of fused-ring (bicyclic) bond motifs is 1.